The highest BCUT2D eigenvalue weighted by atomic mass is 16.1. The van der Waals surface area contributed by atoms with Gasteiger partial charge in [-0.3, -0.25) is 4.79 Å². The first-order chi connectivity index (χ1) is 10.3. The van der Waals surface area contributed by atoms with E-state index >= 15 is 0 Å². The number of amides is 1. The van der Waals surface area contributed by atoms with Gasteiger partial charge in [-0.2, -0.15) is 0 Å². The highest BCUT2D eigenvalue weighted by molar-refractivity contribution is 5.51. The van der Waals surface area contributed by atoms with E-state index in [4.69, 9.17) is 4.98 Å². The standard InChI is InChI=1S/C17H25N3O/c1-14-11-17(19-8-4-2-5-9-19)18-12-15(14)16-7-3-6-10-20(16)13-21/h11-13,16H,2-10H2,1H3/t16-/m1/s1. The first-order valence-corrected chi connectivity index (χ1v) is 8.22. The fourth-order valence-electron chi connectivity index (χ4n) is 3.61. The first kappa shape index (κ1) is 14.4. The topological polar surface area (TPSA) is 36.4 Å². The Morgan fingerprint density at radius 1 is 1.14 bits per heavy atom. The maximum absolute atomic E-state index is 11.3. The molecule has 3 heterocycles. The zero-order chi connectivity index (χ0) is 14.7. The molecule has 2 fully saturated rings. The zero-order valence-electron chi connectivity index (χ0n) is 12.9. The number of anilines is 1. The number of hydrogen-bond donors (Lipinski definition) is 0. The van der Waals surface area contributed by atoms with E-state index in [1.54, 1.807) is 0 Å². The molecule has 114 valence electrons. The summed E-state index contributed by atoms with van der Waals surface area (Å²) in [6, 6.07) is 2.43. The third kappa shape index (κ3) is 3.04. The van der Waals surface area contributed by atoms with Gasteiger partial charge in [0, 0.05) is 25.8 Å². The van der Waals surface area contributed by atoms with Gasteiger partial charge in [0.15, 0.2) is 0 Å². The van der Waals surface area contributed by atoms with Gasteiger partial charge in [0.2, 0.25) is 6.41 Å². The number of carbonyl (C=O) groups excluding carboxylic acids is 1. The minimum absolute atomic E-state index is 0.221. The number of carbonyl (C=O) groups is 1. The predicted molar refractivity (Wildman–Crippen MR) is 84.4 cm³/mol. The molecule has 0 radical (unpaired) electrons. The van der Waals surface area contributed by atoms with Gasteiger partial charge in [-0.1, -0.05) is 0 Å². The molecular formula is C17H25N3O. The van der Waals surface area contributed by atoms with E-state index in [1.165, 1.54) is 36.8 Å². The van der Waals surface area contributed by atoms with Crippen molar-refractivity contribution < 1.29 is 4.79 Å². The van der Waals surface area contributed by atoms with Crippen molar-refractivity contribution in [2.75, 3.05) is 24.5 Å². The molecule has 3 rings (SSSR count). The lowest BCUT2D eigenvalue weighted by Gasteiger charge is -2.34. The van der Waals surface area contributed by atoms with E-state index < -0.39 is 0 Å². The Morgan fingerprint density at radius 2 is 1.90 bits per heavy atom. The minimum Gasteiger partial charge on any atom is -0.357 e. The molecule has 2 saturated heterocycles. The molecule has 1 amide bonds. The molecule has 0 bridgehead atoms. The van der Waals surface area contributed by atoms with Crippen molar-refractivity contribution in [1.29, 1.82) is 0 Å². The molecule has 1 atom stereocenters. The SMILES string of the molecule is Cc1cc(N2CCCCC2)ncc1[C@H]1CCCCN1C=O. The summed E-state index contributed by atoms with van der Waals surface area (Å²) in [6.07, 6.45) is 10.3. The number of aromatic nitrogens is 1. The van der Waals surface area contributed by atoms with E-state index in [-0.39, 0.29) is 6.04 Å². The smallest absolute Gasteiger partial charge is 0.210 e. The van der Waals surface area contributed by atoms with Crippen molar-refractivity contribution in [3.8, 4) is 0 Å². The lowest BCUT2D eigenvalue weighted by Crippen LogP contribution is -2.33. The van der Waals surface area contributed by atoms with E-state index in [2.05, 4.69) is 17.9 Å². The molecule has 1 aromatic heterocycles. The summed E-state index contributed by atoms with van der Waals surface area (Å²) in [5.74, 6) is 1.10. The van der Waals surface area contributed by atoms with Gasteiger partial charge in [0.1, 0.15) is 5.82 Å². The molecule has 1 aromatic rings. The molecular weight excluding hydrogens is 262 g/mol. The number of rotatable bonds is 3. The van der Waals surface area contributed by atoms with E-state index in [0.29, 0.717) is 0 Å². The highest BCUT2D eigenvalue weighted by Crippen LogP contribution is 2.32. The van der Waals surface area contributed by atoms with E-state index in [9.17, 15) is 4.79 Å². The predicted octanol–water partition coefficient (Wildman–Crippen LogP) is 3.06. The van der Waals surface area contributed by atoms with Crippen LogP contribution < -0.4 is 4.90 Å². The molecule has 2 aliphatic rings. The lowest BCUT2D eigenvalue weighted by molar-refractivity contribution is -0.121. The van der Waals surface area contributed by atoms with Crippen molar-refractivity contribution in [3.05, 3.63) is 23.4 Å². The maximum Gasteiger partial charge on any atom is 0.210 e. The van der Waals surface area contributed by atoms with E-state index in [1.807, 2.05) is 11.1 Å². The number of hydrogen-bond acceptors (Lipinski definition) is 3. The summed E-state index contributed by atoms with van der Waals surface area (Å²) in [7, 11) is 0. The van der Waals surface area contributed by atoms with Gasteiger partial charge in [-0.05, 0) is 62.6 Å². The molecule has 0 spiro atoms. The molecule has 21 heavy (non-hydrogen) atoms. The molecule has 0 saturated carbocycles. The summed E-state index contributed by atoms with van der Waals surface area (Å²) in [5, 5.41) is 0. The Kier molecular flexibility index (Phi) is 4.42. The third-order valence-corrected chi connectivity index (χ3v) is 4.86. The lowest BCUT2D eigenvalue weighted by atomic mass is 9.94. The normalized spacial score (nSPS) is 23.2. The Balaban J connectivity index is 1.81. The molecule has 0 aliphatic carbocycles. The van der Waals surface area contributed by atoms with Crippen LogP contribution in [0, 0.1) is 6.92 Å². The van der Waals surface area contributed by atoms with Crippen LogP contribution in [0.25, 0.3) is 0 Å². The molecule has 0 aromatic carbocycles. The Morgan fingerprint density at radius 3 is 2.62 bits per heavy atom. The number of likely N-dealkylation sites (tertiary alicyclic amines) is 1. The summed E-state index contributed by atoms with van der Waals surface area (Å²) in [6.45, 7) is 5.27. The fourth-order valence-corrected chi connectivity index (χ4v) is 3.61. The third-order valence-electron chi connectivity index (χ3n) is 4.86. The van der Waals surface area contributed by atoms with Gasteiger partial charge >= 0.3 is 0 Å². The zero-order valence-corrected chi connectivity index (χ0v) is 12.9. The fraction of sp³-hybridized carbons (Fsp3) is 0.647. The van der Waals surface area contributed by atoms with Gasteiger partial charge in [-0.25, -0.2) is 4.98 Å². The van der Waals surface area contributed by atoms with Crippen LogP contribution in [0.15, 0.2) is 12.3 Å². The van der Waals surface area contributed by atoms with Crippen LogP contribution >= 0.6 is 0 Å². The largest absolute Gasteiger partial charge is 0.357 e. The van der Waals surface area contributed by atoms with Crippen LogP contribution in [0.3, 0.4) is 0 Å². The van der Waals surface area contributed by atoms with Gasteiger partial charge in [0.25, 0.3) is 0 Å². The van der Waals surface area contributed by atoms with Gasteiger partial charge < -0.3 is 9.80 Å². The molecule has 0 unspecified atom stereocenters. The van der Waals surface area contributed by atoms with Crippen LogP contribution in [-0.4, -0.2) is 35.9 Å². The van der Waals surface area contributed by atoms with Crippen LogP contribution in [0.1, 0.15) is 55.7 Å². The van der Waals surface area contributed by atoms with Crippen molar-refractivity contribution in [2.24, 2.45) is 0 Å². The number of aryl methyl sites for hydroxylation is 1. The van der Waals surface area contributed by atoms with Crippen molar-refractivity contribution in [2.45, 2.75) is 51.5 Å². The second-order valence-corrected chi connectivity index (χ2v) is 6.30. The van der Waals surface area contributed by atoms with Crippen LogP contribution in [0.4, 0.5) is 5.82 Å². The highest BCUT2D eigenvalue weighted by Gasteiger charge is 2.24. The van der Waals surface area contributed by atoms with Gasteiger partial charge in [0.05, 0.1) is 6.04 Å². The Labute approximate surface area is 127 Å². The van der Waals surface area contributed by atoms with Gasteiger partial charge in [-0.15, -0.1) is 0 Å². The van der Waals surface area contributed by atoms with Crippen molar-refractivity contribution in [3.63, 3.8) is 0 Å². The summed E-state index contributed by atoms with van der Waals surface area (Å²) in [4.78, 5) is 20.3. The monoisotopic (exact) mass is 287 g/mol. The minimum atomic E-state index is 0.221. The second kappa shape index (κ2) is 6.46. The molecule has 4 nitrogen and oxygen atoms in total. The van der Waals surface area contributed by atoms with Crippen LogP contribution in [0.2, 0.25) is 0 Å². The van der Waals surface area contributed by atoms with Crippen molar-refractivity contribution in [1.82, 2.24) is 9.88 Å². The van der Waals surface area contributed by atoms with Crippen molar-refractivity contribution >= 4 is 12.2 Å². The Bertz CT molecular complexity index is 497. The van der Waals surface area contributed by atoms with Crippen LogP contribution in [0.5, 0.6) is 0 Å². The molecule has 0 N–H and O–H groups in total. The van der Waals surface area contributed by atoms with Crippen LogP contribution in [-0.2, 0) is 4.79 Å². The maximum atomic E-state index is 11.3. The second-order valence-electron chi connectivity index (χ2n) is 6.30. The quantitative estimate of drug-likeness (QED) is 0.802. The number of nitrogens with zero attached hydrogens (tertiary/aromatic N) is 3. The summed E-state index contributed by atoms with van der Waals surface area (Å²) >= 11 is 0. The molecule has 4 heteroatoms. The number of piperidine rings is 2. The first-order valence-electron chi connectivity index (χ1n) is 8.22. The van der Waals surface area contributed by atoms with E-state index in [0.717, 1.165) is 44.7 Å². The summed E-state index contributed by atoms with van der Waals surface area (Å²) < 4.78 is 0. The summed E-state index contributed by atoms with van der Waals surface area (Å²) in [5.41, 5.74) is 2.49. The number of pyridine rings is 1. The average molecular weight is 287 g/mol. The average Bonchev–Trinajstić information content (AvgIpc) is 2.55. The molecule has 2 aliphatic heterocycles. The Hall–Kier alpha value is -1.58.